The molecule has 1 aromatic rings. The first-order valence-electron chi connectivity index (χ1n) is 8.38. The monoisotopic (exact) mass is 328 g/mol. The van der Waals surface area contributed by atoms with Crippen LogP contribution in [0, 0.1) is 23.2 Å². The molecule has 0 aromatic heterocycles. The van der Waals surface area contributed by atoms with Gasteiger partial charge < -0.3 is 9.64 Å². The number of nitrogens with zero attached hydrogens (tertiary/aromatic N) is 2. The number of esters is 1. The maximum absolute atomic E-state index is 12.7. The van der Waals surface area contributed by atoms with Gasteiger partial charge in [0.05, 0.1) is 6.61 Å². The van der Waals surface area contributed by atoms with Crippen molar-refractivity contribution in [3.8, 4) is 6.07 Å². The lowest BCUT2D eigenvalue weighted by molar-refractivity contribution is -0.158. The molecular formula is C19H24N2O3. The van der Waals surface area contributed by atoms with Crippen molar-refractivity contribution in [3.63, 3.8) is 0 Å². The van der Waals surface area contributed by atoms with Gasteiger partial charge in [0.2, 0.25) is 11.4 Å². The molecule has 2 rings (SSSR count). The van der Waals surface area contributed by atoms with E-state index in [1.807, 2.05) is 44.2 Å². The predicted octanol–water partition coefficient (Wildman–Crippen LogP) is 2.91. The molecule has 1 saturated heterocycles. The van der Waals surface area contributed by atoms with Gasteiger partial charge in [0.25, 0.3) is 0 Å². The summed E-state index contributed by atoms with van der Waals surface area (Å²) in [7, 11) is 0. The largest absolute Gasteiger partial charge is 0.463 e. The first-order chi connectivity index (χ1) is 11.5. The van der Waals surface area contributed by atoms with Crippen molar-refractivity contribution < 1.29 is 14.3 Å². The van der Waals surface area contributed by atoms with E-state index in [2.05, 4.69) is 6.07 Å². The van der Waals surface area contributed by atoms with E-state index in [4.69, 9.17) is 4.74 Å². The van der Waals surface area contributed by atoms with Crippen molar-refractivity contribution in [1.29, 1.82) is 5.26 Å². The summed E-state index contributed by atoms with van der Waals surface area (Å²) in [6, 6.07) is 11.6. The number of rotatable bonds is 6. The summed E-state index contributed by atoms with van der Waals surface area (Å²) in [5.41, 5.74) is -0.646. The summed E-state index contributed by atoms with van der Waals surface area (Å²) in [6.45, 7) is 6.18. The molecule has 128 valence electrons. The molecule has 0 spiro atoms. The average molecular weight is 328 g/mol. The minimum atomic E-state index is -1.53. The van der Waals surface area contributed by atoms with Crippen molar-refractivity contribution in [2.24, 2.45) is 11.8 Å². The van der Waals surface area contributed by atoms with Crippen LogP contribution >= 0.6 is 0 Å². The Labute approximate surface area is 143 Å². The molecule has 5 heteroatoms. The van der Waals surface area contributed by atoms with Crippen LogP contribution in [0.15, 0.2) is 30.3 Å². The molecule has 0 unspecified atom stereocenters. The van der Waals surface area contributed by atoms with E-state index in [0.29, 0.717) is 6.42 Å². The quantitative estimate of drug-likeness (QED) is 0.753. The Morgan fingerprint density at radius 1 is 1.42 bits per heavy atom. The van der Waals surface area contributed by atoms with Crippen LogP contribution < -0.4 is 0 Å². The zero-order valence-electron chi connectivity index (χ0n) is 14.5. The molecule has 24 heavy (non-hydrogen) atoms. The highest BCUT2D eigenvalue weighted by molar-refractivity contribution is 5.95. The molecule has 0 N–H and O–H groups in total. The van der Waals surface area contributed by atoms with E-state index in [1.165, 1.54) is 4.90 Å². The Morgan fingerprint density at radius 3 is 2.62 bits per heavy atom. The number of benzene rings is 1. The van der Waals surface area contributed by atoms with E-state index in [9.17, 15) is 14.9 Å². The molecule has 0 radical (unpaired) electrons. The van der Waals surface area contributed by atoms with Crippen molar-refractivity contribution in [3.05, 3.63) is 35.9 Å². The number of nitriles is 1. The van der Waals surface area contributed by atoms with Crippen molar-refractivity contribution in [2.45, 2.75) is 45.7 Å². The number of likely N-dealkylation sites (tertiary alicyclic amines) is 1. The molecular weight excluding hydrogens is 304 g/mol. The van der Waals surface area contributed by atoms with Gasteiger partial charge in [-0.2, -0.15) is 5.26 Å². The molecule has 1 fully saturated rings. The first-order valence-corrected chi connectivity index (χ1v) is 8.38. The number of carbonyl (C=O) groups excluding carboxylic acids is 2. The van der Waals surface area contributed by atoms with Crippen LogP contribution in [-0.4, -0.2) is 28.9 Å². The fraction of sp³-hybridized carbons (Fsp3) is 0.526. The summed E-state index contributed by atoms with van der Waals surface area (Å²) < 4.78 is 5.19. The summed E-state index contributed by atoms with van der Waals surface area (Å²) >= 11 is 0. The van der Waals surface area contributed by atoms with Crippen LogP contribution in [-0.2, 0) is 20.9 Å². The molecule has 1 aliphatic rings. The average Bonchev–Trinajstić information content (AvgIpc) is 2.80. The van der Waals surface area contributed by atoms with E-state index in [0.717, 1.165) is 5.56 Å². The van der Waals surface area contributed by atoms with E-state index in [1.54, 1.807) is 6.92 Å². The predicted molar refractivity (Wildman–Crippen MR) is 89.5 cm³/mol. The molecule has 0 aliphatic carbocycles. The molecule has 0 bridgehead atoms. The van der Waals surface area contributed by atoms with E-state index >= 15 is 0 Å². The molecule has 1 heterocycles. The zero-order chi connectivity index (χ0) is 17.7. The van der Waals surface area contributed by atoms with Crippen molar-refractivity contribution in [2.75, 3.05) is 6.61 Å². The SMILES string of the molecule is CCOC(=O)[C@]1(C#N)[C@H](CC(C)C)CC(=O)N1Cc1ccccc1. The Balaban J connectivity index is 2.43. The minimum absolute atomic E-state index is 0.167. The molecule has 2 atom stereocenters. The minimum Gasteiger partial charge on any atom is -0.463 e. The second-order valence-electron chi connectivity index (χ2n) is 6.59. The van der Waals surface area contributed by atoms with Gasteiger partial charge in [-0.05, 0) is 24.8 Å². The van der Waals surface area contributed by atoms with Crippen LogP contribution in [0.4, 0.5) is 0 Å². The summed E-state index contributed by atoms with van der Waals surface area (Å²) in [5.74, 6) is -0.849. The van der Waals surface area contributed by atoms with Gasteiger partial charge in [-0.25, -0.2) is 4.79 Å². The fourth-order valence-electron chi connectivity index (χ4n) is 3.40. The van der Waals surface area contributed by atoms with Gasteiger partial charge in [-0.1, -0.05) is 44.2 Å². The topological polar surface area (TPSA) is 70.4 Å². The Hall–Kier alpha value is -2.35. The van der Waals surface area contributed by atoms with Crippen molar-refractivity contribution >= 4 is 11.9 Å². The number of carbonyl (C=O) groups is 2. The fourth-order valence-corrected chi connectivity index (χ4v) is 3.40. The standard InChI is InChI=1S/C19H24N2O3/c1-4-24-18(23)19(13-20)16(10-14(2)3)11-17(22)21(19)12-15-8-6-5-7-9-15/h5-9,14,16H,4,10-12H2,1-3H3/t16-,19+/m1/s1. The van der Waals surface area contributed by atoms with Crippen molar-refractivity contribution in [1.82, 2.24) is 4.90 Å². The summed E-state index contributed by atoms with van der Waals surface area (Å²) in [5, 5.41) is 9.92. The van der Waals surface area contributed by atoms with Gasteiger partial charge in [-0.15, -0.1) is 0 Å². The van der Waals surface area contributed by atoms with Crippen LogP contribution in [0.2, 0.25) is 0 Å². The van der Waals surface area contributed by atoms with Crippen LogP contribution in [0.3, 0.4) is 0 Å². The van der Waals surface area contributed by atoms with Gasteiger partial charge in [0.1, 0.15) is 6.07 Å². The number of ether oxygens (including phenoxy) is 1. The highest BCUT2D eigenvalue weighted by atomic mass is 16.5. The Bertz CT molecular complexity index is 636. The summed E-state index contributed by atoms with van der Waals surface area (Å²) in [4.78, 5) is 26.7. The number of amides is 1. The third-order valence-corrected chi connectivity index (χ3v) is 4.44. The maximum atomic E-state index is 12.7. The van der Waals surface area contributed by atoms with Crippen LogP contribution in [0.25, 0.3) is 0 Å². The molecule has 1 aliphatic heterocycles. The summed E-state index contributed by atoms with van der Waals surface area (Å²) in [6.07, 6.45) is 0.834. The second-order valence-corrected chi connectivity index (χ2v) is 6.59. The molecule has 1 aromatic carbocycles. The maximum Gasteiger partial charge on any atom is 0.347 e. The molecule has 1 amide bonds. The van der Waals surface area contributed by atoms with Crippen LogP contribution in [0.5, 0.6) is 0 Å². The second kappa shape index (κ2) is 7.48. The highest BCUT2D eigenvalue weighted by Gasteiger charge is 2.59. The molecule has 5 nitrogen and oxygen atoms in total. The third-order valence-electron chi connectivity index (χ3n) is 4.44. The highest BCUT2D eigenvalue weighted by Crippen LogP contribution is 2.41. The van der Waals surface area contributed by atoms with E-state index in [-0.39, 0.29) is 37.3 Å². The van der Waals surface area contributed by atoms with Crippen LogP contribution in [0.1, 0.15) is 39.2 Å². The lowest BCUT2D eigenvalue weighted by atomic mass is 9.80. The third kappa shape index (κ3) is 3.28. The Morgan fingerprint density at radius 2 is 2.08 bits per heavy atom. The van der Waals surface area contributed by atoms with Gasteiger partial charge in [-0.3, -0.25) is 4.79 Å². The van der Waals surface area contributed by atoms with Gasteiger partial charge >= 0.3 is 5.97 Å². The normalized spacial score (nSPS) is 23.4. The number of hydrogen-bond donors (Lipinski definition) is 0. The van der Waals surface area contributed by atoms with E-state index < -0.39 is 11.5 Å². The van der Waals surface area contributed by atoms with Gasteiger partial charge in [0, 0.05) is 18.9 Å². The number of hydrogen-bond acceptors (Lipinski definition) is 4. The first kappa shape index (κ1) is 18.0. The Kier molecular flexibility index (Phi) is 5.61. The molecule has 0 saturated carbocycles. The lowest BCUT2D eigenvalue weighted by Gasteiger charge is -2.34. The van der Waals surface area contributed by atoms with Gasteiger partial charge in [0.15, 0.2) is 0 Å². The zero-order valence-corrected chi connectivity index (χ0v) is 14.5. The smallest absolute Gasteiger partial charge is 0.347 e. The lowest BCUT2D eigenvalue weighted by Crippen LogP contribution is -2.55.